The summed E-state index contributed by atoms with van der Waals surface area (Å²) in [5.74, 6) is -0.316. The van der Waals surface area contributed by atoms with Crippen molar-refractivity contribution in [1.29, 1.82) is 5.26 Å². The van der Waals surface area contributed by atoms with Gasteiger partial charge in [0, 0.05) is 6.92 Å². The van der Waals surface area contributed by atoms with Gasteiger partial charge in [0.05, 0.1) is 27.0 Å². The first-order valence-electron chi connectivity index (χ1n) is 3.92. The lowest BCUT2D eigenvalue weighted by atomic mass is 10.1. The van der Waals surface area contributed by atoms with Crippen molar-refractivity contribution in [2.75, 3.05) is 11.1 Å². The summed E-state index contributed by atoms with van der Waals surface area (Å²) in [5.41, 5.74) is 6.02. The SMILES string of the molecule is CC(=O)Nc1cc(Cl)c(N)c(Cl)c1C#N. The highest BCUT2D eigenvalue weighted by molar-refractivity contribution is 6.40. The number of nitrogens with zero attached hydrogens (tertiary/aromatic N) is 1. The highest BCUT2D eigenvalue weighted by atomic mass is 35.5. The van der Waals surface area contributed by atoms with Crippen molar-refractivity contribution in [3.05, 3.63) is 21.7 Å². The Labute approximate surface area is 96.6 Å². The van der Waals surface area contributed by atoms with Crippen molar-refractivity contribution >= 4 is 40.5 Å². The zero-order valence-electron chi connectivity index (χ0n) is 7.77. The smallest absolute Gasteiger partial charge is 0.221 e. The fourth-order valence-electron chi connectivity index (χ4n) is 1.03. The molecule has 0 radical (unpaired) electrons. The molecule has 15 heavy (non-hydrogen) atoms. The van der Waals surface area contributed by atoms with Gasteiger partial charge in [0.25, 0.3) is 0 Å². The first-order valence-corrected chi connectivity index (χ1v) is 4.68. The largest absolute Gasteiger partial charge is 0.396 e. The van der Waals surface area contributed by atoms with Crippen LogP contribution in [0.2, 0.25) is 10.0 Å². The standard InChI is InChI=1S/C9H7Cl2N3O/c1-4(15)14-7-2-6(10)9(13)8(11)5(7)3-12/h2H,13H2,1H3,(H,14,15). The number of anilines is 2. The third-order valence-electron chi connectivity index (χ3n) is 1.68. The van der Waals surface area contributed by atoms with Gasteiger partial charge in [0.15, 0.2) is 0 Å². The van der Waals surface area contributed by atoms with E-state index >= 15 is 0 Å². The third kappa shape index (κ3) is 2.32. The monoisotopic (exact) mass is 243 g/mol. The van der Waals surface area contributed by atoms with E-state index in [1.165, 1.54) is 13.0 Å². The number of benzene rings is 1. The summed E-state index contributed by atoms with van der Waals surface area (Å²) in [4.78, 5) is 10.9. The average molecular weight is 244 g/mol. The lowest BCUT2D eigenvalue weighted by Crippen LogP contribution is -2.08. The first-order chi connectivity index (χ1) is 6.97. The van der Waals surface area contributed by atoms with E-state index in [9.17, 15) is 4.79 Å². The molecule has 0 saturated heterocycles. The van der Waals surface area contributed by atoms with Gasteiger partial charge in [-0.15, -0.1) is 0 Å². The number of nitrogen functional groups attached to an aromatic ring is 1. The van der Waals surface area contributed by atoms with E-state index in [-0.39, 0.29) is 32.9 Å². The van der Waals surface area contributed by atoms with E-state index in [1.54, 1.807) is 0 Å². The number of nitrogens with two attached hydrogens (primary N) is 1. The lowest BCUT2D eigenvalue weighted by Gasteiger charge is -2.09. The zero-order valence-corrected chi connectivity index (χ0v) is 9.28. The molecule has 1 amide bonds. The molecule has 1 aromatic carbocycles. The second-order valence-electron chi connectivity index (χ2n) is 2.80. The van der Waals surface area contributed by atoms with Crippen LogP contribution in [-0.4, -0.2) is 5.91 Å². The van der Waals surface area contributed by atoms with Gasteiger partial charge in [0.2, 0.25) is 5.91 Å². The Morgan fingerprint density at radius 3 is 2.67 bits per heavy atom. The fraction of sp³-hybridized carbons (Fsp3) is 0.111. The summed E-state index contributed by atoms with van der Waals surface area (Å²) in [6, 6.07) is 3.24. The van der Waals surface area contributed by atoms with Gasteiger partial charge in [-0.25, -0.2) is 0 Å². The molecule has 1 rings (SSSR count). The number of nitrogens with one attached hydrogen (secondary N) is 1. The van der Waals surface area contributed by atoms with Crippen molar-refractivity contribution in [2.45, 2.75) is 6.92 Å². The fourth-order valence-corrected chi connectivity index (χ4v) is 1.53. The third-order valence-corrected chi connectivity index (χ3v) is 2.38. The zero-order chi connectivity index (χ0) is 11.6. The Morgan fingerprint density at radius 1 is 1.60 bits per heavy atom. The van der Waals surface area contributed by atoms with Crippen LogP contribution in [0.5, 0.6) is 0 Å². The summed E-state index contributed by atoms with van der Waals surface area (Å²) in [5, 5.41) is 11.5. The second kappa shape index (κ2) is 4.39. The molecule has 0 aliphatic carbocycles. The number of amides is 1. The van der Waals surface area contributed by atoms with Crippen molar-refractivity contribution in [3.63, 3.8) is 0 Å². The molecule has 3 N–H and O–H groups in total. The molecular weight excluding hydrogens is 237 g/mol. The summed E-state index contributed by atoms with van der Waals surface area (Å²) in [6.45, 7) is 1.32. The highest BCUT2D eigenvalue weighted by Crippen LogP contribution is 2.35. The minimum absolute atomic E-state index is 0.0498. The molecule has 0 unspecified atom stereocenters. The maximum atomic E-state index is 10.9. The number of rotatable bonds is 1. The van der Waals surface area contributed by atoms with Crippen LogP contribution in [0.1, 0.15) is 12.5 Å². The van der Waals surface area contributed by atoms with Gasteiger partial charge in [-0.1, -0.05) is 23.2 Å². The molecular formula is C9H7Cl2N3O. The van der Waals surface area contributed by atoms with Crippen LogP contribution in [0.25, 0.3) is 0 Å². The lowest BCUT2D eigenvalue weighted by molar-refractivity contribution is -0.114. The van der Waals surface area contributed by atoms with E-state index < -0.39 is 0 Å². The number of nitriles is 1. The van der Waals surface area contributed by atoms with Gasteiger partial charge in [-0.05, 0) is 6.07 Å². The Kier molecular flexibility index (Phi) is 3.40. The minimum atomic E-state index is -0.316. The molecule has 0 atom stereocenters. The molecule has 0 heterocycles. The molecule has 0 aliphatic heterocycles. The predicted molar refractivity (Wildman–Crippen MR) is 59.9 cm³/mol. The molecule has 1 aromatic rings. The molecule has 78 valence electrons. The van der Waals surface area contributed by atoms with E-state index in [0.29, 0.717) is 0 Å². The molecule has 0 bridgehead atoms. The van der Waals surface area contributed by atoms with Crippen LogP contribution in [0.3, 0.4) is 0 Å². The first kappa shape index (κ1) is 11.6. The Morgan fingerprint density at radius 2 is 2.20 bits per heavy atom. The number of carbonyl (C=O) groups is 1. The number of hydrogen-bond acceptors (Lipinski definition) is 3. The normalized spacial score (nSPS) is 9.47. The molecule has 4 nitrogen and oxygen atoms in total. The molecule has 0 aromatic heterocycles. The van der Waals surface area contributed by atoms with E-state index in [0.717, 1.165) is 0 Å². The van der Waals surface area contributed by atoms with Crippen molar-refractivity contribution in [3.8, 4) is 6.07 Å². The van der Waals surface area contributed by atoms with Crippen LogP contribution >= 0.6 is 23.2 Å². The van der Waals surface area contributed by atoms with Gasteiger partial charge in [0.1, 0.15) is 6.07 Å². The summed E-state index contributed by atoms with van der Waals surface area (Å²) in [6.07, 6.45) is 0. The number of carbonyl (C=O) groups excluding carboxylic acids is 1. The van der Waals surface area contributed by atoms with Gasteiger partial charge in [-0.2, -0.15) is 5.26 Å². The average Bonchev–Trinajstić information content (AvgIpc) is 2.14. The van der Waals surface area contributed by atoms with Crippen LogP contribution in [-0.2, 0) is 4.79 Å². The molecule has 0 fully saturated rings. The van der Waals surface area contributed by atoms with E-state index in [4.69, 9.17) is 34.2 Å². The Bertz CT molecular complexity index is 465. The second-order valence-corrected chi connectivity index (χ2v) is 3.59. The van der Waals surface area contributed by atoms with Crippen LogP contribution in [0.15, 0.2) is 6.07 Å². The molecule has 0 spiro atoms. The maximum absolute atomic E-state index is 10.9. The highest BCUT2D eigenvalue weighted by Gasteiger charge is 2.14. The van der Waals surface area contributed by atoms with Crippen molar-refractivity contribution < 1.29 is 4.79 Å². The van der Waals surface area contributed by atoms with Gasteiger partial charge >= 0.3 is 0 Å². The van der Waals surface area contributed by atoms with Crippen LogP contribution < -0.4 is 11.1 Å². The van der Waals surface area contributed by atoms with E-state index in [1.807, 2.05) is 6.07 Å². The number of halogens is 2. The minimum Gasteiger partial charge on any atom is -0.396 e. The summed E-state index contributed by atoms with van der Waals surface area (Å²) < 4.78 is 0. The predicted octanol–water partition coefficient (Wildman–Crippen LogP) is 2.41. The van der Waals surface area contributed by atoms with E-state index in [2.05, 4.69) is 5.32 Å². The Hall–Kier alpha value is -1.44. The molecule has 0 saturated carbocycles. The van der Waals surface area contributed by atoms with Gasteiger partial charge < -0.3 is 11.1 Å². The molecule has 0 aliphatic rings. The van der Waals surface area contributed by atoms with Crippen molar-refractivity contribution in [2.24, 2.45) is 0 Å². The van der Waals surface area contributed by atoms with Crippen LogP contribution in [0, 0.1) is 11.3 Å². The summed E-state index contributed by atoms with van der Waals surface area (Å²) >= 11 is 11.6. The number of hydrogen-bond donors (Lipinski definition) is 2. The van der Waals surface area contributed by atoms with Crippen LogP contribution in [0.4, 0.5) is 11.4 Å². The quantitative estimate of drug-likeness (QED) is 0.744. The topological polar surface area (TPSA) is 78.9 Å². The summed E-state index contributed by atoms with van der Waals surface area (Å²) in [7, 11) is 0. The molecule has 6 heteroatoms. The van der Waals surface area contributed by atoms with Gasteiger partial charge in [-0.3, -0.25) is 4.79 Å². The Balaban J connectivity index is 3.40. The van der Waals surface area contributed by atoms with Crippen molar-refractivity contribution in [1.82, 2.24) is 0 Å². The maximum Gasteiger partial charge on any atom is 0.221 e.